The number of carbonyl (C=O) groups is 1. The first-order valence-corrected chi connectivity index (χ1v) is 11.5. The molecule has 1 heterocycles. The molecule has 1 aromatic rings. The van der Waals surface area contributed by atoms with Crippen molar-refractivity contribution in [3.63, 3.8) is 0 Å². The lowest BCUT2D eigenvalue weighted by Crippen LogP contribution is -2.32. The molecule has 1 saturated heterocycles. The zero-order valence-electron chi connectivity index (χ0n) is 13.3. The van der Waals surface area contributed by atoms with Crippen LogP contribution in [0.4, 0.5) is 0 Å². The molecule has 1 aromatic carbocycles. The second kappa shape index (κ2) is 6.48. The lowest BCUT2D eigenvalue weighted by molar-refractivity contribution is 0.0937. The summed E-state index contributed by atoms with van der Waals surface area (Å²) in [5, 5.41) is 2.01. The molecule has 0 spiro atoms. The Balaban J connectivity index is 1.80. The quantitative estimate of drug-likeness (QED) is 0.861. The van der Waals surface area contributed by atoms with E-state index in [0.717, 1.165) is 25.7 Å². The van der Waals surface area contributed by atoms with Crippen molar-refractivity contribution in [3.05, 3.63) is 29.8 Å². The Kier molecular flexibility index (Phi) is 4.70. The lowest BCUT2D eigenvalue weighted by atomic mass is 10.2. The first kappa shape index (κ1) is 17.4. The molecule has 8 heteroatoms. The van der Waals surface area contributed by atoms with Crippen molar-refractivity contribution in [2.75, 3.05) is 11.5 Å². The van der Waals surface area contributed by atoms with E-state index >= 15 is 0 Å². The Hall–Kier alpha value is -1.41. The summed E-state index contributed by atoms with van der Waals surface area (Å²) in [4.78, 5) is 12.3. The highest BCUT2D eigenvalue weighted by molar-refractivity contribution is 7.96. The van der Waals surface area contributed by atoms with Crippen molar-refractivity contribution in [3.8, 4) is 0 Å². The summed E-state index contributed by atoms with van der Waals surface area (Å²) in [6.07, 6.45) is 4.20. The van der Waals surface area contributed by atoms with Crippen LogP contribution in [0.15, 0.2) is 29.2 Å². The van der Waals surface area contributed by atoms with Gasteiger partial charge in [-0.1, -0.05) is 18.9 Å². The van der Waals surface area contributed by atoms with Crippen molar-refractivity contribution in [1.82, 2.24) is 5.32 Å². The summed E-state index contributed by atoms with van der Waals surface area (Å²) in [5.41, 5.74) is 0.295. The Morgan fingerprint density at radius 1 is 1.12 bits per heavy atom. The van der Waals surface area contributed by atoms with E-state index in [9.17, 15) is 21.6 Å². The fraction of sp³-hybridized carbons (Fsp3) is 0.562. The van der Waals surface area contributed by atoms with Crippen LogP contribution < -0.4 is 5.32 Å². The maximum absolute atomic E-state index is 12.6. The lowest BCUT2D eigenvalue weighted by Gasteiger charge is -2.14. The molecular formula is C16H21NO5S2. The maximum atomic E-state index is 12.6. The zero-order valence-corrected chi connectivity index (χ0v) is 14.9. The van der Waals surface area contributed by atoms with E-state index in [-0.39, 0.29) is 34.8 Å². The third-order valence-electron chi connectivity index (χ3n) is 4.74. The predicted octanol–water partition coefficient (Wildman–Crippen LogP) is 1.32. The summed E-state index contributed by atoms with van der Waals surface area (Å²) in [6.45, 7) is 0. The molecule has 132 valence electrons. The topological polar surface area (TPSA) is 97.4 Å². The minimum atomic E-state index is -3.75. The molecule has 0 radical (unpaired) electrons. The van der Waals surface area contributed by atoms with Gasteiger partial charge in [-0.2, -0.15) is 0 Å². The largest absolute Gasteiger partial charge is 0.349 e. The molecule has 1 saturated carbocycles. The van der Waals surface area contributed by atoms with Crippen LogP contribution in [0.2, 0.25) is 0 Å². The third-order valence-corrected chi connectivity index (χ3v) is 8.91. The number of carbonyl (C=O) groups excluding carboxylic acids is 1. The van der Waals surface area contributed by atoms with Crippen molar-refractivity contribution in [2.45, 2.75) is 48.3 Å². The Morgan fingerprint density at radius 2 is 1.83 bits per heavy atom. The van der Waals surface area contributed by atoms with Crippen LogP contribution in [0.25, 0.3) is 0 Å². The van der Waals surface area contributed by atoms with Crippen molar-refractivity contribution in [1.29, 1.82) is 0 Å². The Labute approximate surface area is 142 Å². The molecule has 24 heavy (non-hydrogen) atoms. The van der Waals surface area contributed by atoms with Crippen molar-refractivity contribution < 1.29 is 21.6 Å². The van der Waals surface area contributed by atoms with Gasteiger partial charge in [0.25, 0.3) is 5.91 Å². The summed E-state index contributed by atoms with van der Waals surface area (Å²) in [6, 6.07) is 6.03. The monoisotopic (exact) mass is 371 g/mol. The molecule has 2 fully saturated rings. The van der Waals surface area contributed by atoms with Crippen LogP contribution in [-0.2, 0) is 19.7 Å². The number of nitrogens with one attached hydrogen (secondary N) is 1. The van der Waals surface area contributed by atoms with E-state index in [0.29, 0.717) is 5.56 Å². The second-order valence-corrected chi connectivity index (χ2v) is 11.0. The van der Waals surface area contributed by atoms with Gasteiger partial charge in [0.05, 0.1) is 21.7 Å². The average Bonchev–Trinajstić information content (AvgIpc) is 3.17. The molecule has 0 aromatic heterocycles. The number of benzene rings is 1. The smallest absolute Gasteiger partial charge is 0.251 e. The number of hydrogen-bond acceptors (Lipinski definition) is 5. The van der Waals surface area contributed by atoms with Gasteiger partial charge in [0.1, 0.15) is 0 Å². The van der Waals surface area contributed by atoms with Crippen molar-refractivity contribution in [2.24, 2.45) is 0 Å². The van der Waals surface area contributed by atoms with Gasteiger partial charge in [0, 0.05) is 11.6 Å². The highest BCUT2D eigenvalue weighted by atomic mass is 32.2. The predicted molar refractivity (Wildman–Crippen MR) is 90.4 cm³/mol. The third kappa shape index (κ3) is 3.64. The van der Waals surface area contributed by atoms with Gasteiger partial charge in [-0.3, -0.25) is 4.79 Å². The number of amides is 1. The Morgan fingerprint density at radius 3 is 2.46 bits per heavy atom. The van der Waals surface area contributed by atoms with Gasteiger partial charge in [0.15, 0.2) is 19.7 Å². The second-order valence-electron chi connectivity index (χ2n) is 6.55. The van der Waals surface area contributed by atoms with Crippen LogP contribution in [0.3, 0.4) is 0 Å². The van der Waals surface area contributed by atoms with Crippen LogP contribution >= 0.6 is 0 Å². The molecule has 0 unspecified atom stereocenters. The minimum Gasteiger partial charge on any atom is -0.349 e. The van der Waals surface area contributed by atoms with E-state index in [2.05, 4.69) is 5.32 Å². The minimum absolute atomic E-state index is 0.0173. The van der Waals surface area contributed by atoms with E-state index in [4.69, 9.17) is 0 Å². The number of rotatable bonds is 4. The molecule has 1 aliphatic carbocycles. The van der Waals surface area contributed by atoms with Crippen LogP contribution in [-0.4, -0.2) is 45.5 Å². The van der Waals surface area contributed by atoms with Crippen molar-refractivity contribution >= 4 is 25.6 Å². The first-order valence-electron chi connectivity index (χ1n) is 8.13. The molecule has 1 N–H and O–H groups in total. The maximum Gasteiger partial charge on any atom is 0.251 e. The molecule has 6 nitrogen and oxygen atoms in total. The summed E-state index contributed by atoms with van der Waals surface area (Å²) >= 11 is 0. The highest BCUT2D eigenvalue weighted by Gasteiger charge is 2.38. The molecule has 1 aliphatic heterocycles. The summed E-state index contributed by atoms with van der Waals surface area (Å²) in [7, 11) is -7.04. The number of sulfone groups is 2. The van der Waals surface area contributed by atoms with Crippen LogP contribution in [0.5, 0.6) is 0 Å². The summed E-state index contributed by atoms with van der Waals surface area (Å²) in [5.74, 6) is -0.718. The molecule has 3 rings (SSSR count). The normalized spacial score (nSPS) is 24.1. The van der Waals surface area contributed by atoms with E-state index in [1.165, 1.54) is 18.2 Å². The fourth-order valence-corrected chi connectivity index (χ4v) is 7.76. The number of hydrogen-bond donors (Lipinski definition) is 1. The van der Waals surface area contributed by atoms with Gasteiger partial charge in [-0.15, -0.1) is 0 Å². The van der Waals surface area contributed by atoms with E-state index in [1.807, 2.05) is 0 Å². The average molecular weight is 371 g/mol. The van der Waals surface area contributed by atoms with Gasteiger partial charge in [-0.05, 0) is 37.5 Å². The highest BCUT2D eigenvalue weighted by Crippen LogP contribution is 2.26. The molecule has 0 bridgehead atoms. The van der Waals surface area contributed by atoms with Crippen LogP contribution in [0.1, 0.15) is 42.5 Å². The van der Waals surface area contributed by atoms with Crippen LogP contribution in [0, 0.1) is 0 Å². The first-order chi connectivity index (χ1) is 11.3. The van der Waals surface area contributed by atoms with Gasteiger partial charge < -0.3 is 5.32 Å². The van der Waals surface area contributed by atoms with Gasteiger partial charge in [0.2, 0.25) is 0 Å². The van der Waals surface area contributed by atoms with Gasteiger partial charge in [-0.25, -0.2) is 16.8 Å². The summed E-state index contributed by atoms with van der Waals surface area (Å²) < 4.78 is 48.4. The van der Waals surface area contributed by atoms with E-state index < -0.39 is 24.9 Å². The zero-order chi connectivity index (χ0) is 17.4. The standard InChI is InChI=1S/C16H21NO5S2/c18-16(17-13-5-1-2-6-13)12-4-3-7-14(10-12)24(21,22)15-8-9-23(19,20)11-15/h3-4,7,10,13,15H,1-2,5-6,8-9,11H2,(H,17,18)/t15-/m1/s1. The molecule has 1 atom stereocenters. The molecule has 1 amide bonds. The fourth-order valence-electron chi connectivity index (χ4n) is 3.35. The molecular weight excluding hydrogens is 350 g/mol. The molecule has 2 aliphatic rings. The Bertz CT molecular complexity index is 839. The van der Waals surface area contributed by atoms with E-state index in [1.54, 1.807) is 6.07 Å². The van der Waals surface area contributed by atoms with Gasteiger partial charge >= 0.3 is 0 Å². The SMILES string of the molecule is O=C(NC1CCCC1)c1cccc(S(=O)(=O)[C@@H]2CCS(=O)(=O)C2)c1.